The van der Waals surface area contributed by atoms with Gasteiger partial charge in [-0.25, -0.2) is 0 Å². The van der Waals surface area contributed by atoms with Crippen LogP contribution < -0.4 is 10.2 Å². The van der Waals surface area contributed by atoms with Crippen LogP contribution in [0.1, 0.15) is 20.7 Å². The smallest absolute Gasteiger partial charge is 0.280 e. The maximum Gasteiger partial charge on any atom is 0.280 e. The van der Waals surface area contributed by atoms with E-state index < -0.39 is 17.7 Å². The highest BCUT2D eigenvalue weighted by molar-refractivity contribution is 6.25. The van der Waals surface area contributed by atoms with E-state index in [2.05, 4.69) is 5.43 Å². The molecule has 5 rings (SSSR count). The van der Waals surface area contributed by atoms with E-state index in [1.54, 1.807) is 30.3 Å². The summed E-state index contributed by atoms with van der Waals surface area (Å²) in [5.74, 6) is -1.21. The van der Waals surface area contributed by atoms with Crippen LogP contribution >= 0.6 is 0 Å². The van der Waals surface area contributed by atoms with Crippen molar-refractivity contribution < 1.29 is 19.1 Å². The van der Waals surface area contributed by atoms with Gasteiger partial charge in [0.05, 0.1) is 11.1 Å². The molecule has 1 aliphatic rings. The van der Waals surface area contributed by atoms with Crippen molar-refractivity contribution in [3.8, 4) is 5.75 Å². The van der Waals surface area contributed by atoms with E-state index in [0.717, 1.165) is 21.2 Å². The lowest BCUT2D eigenvalue weighted by Crippen LogP contribution is -2.52. The number of hydrogen-bond donors (Lipinski definition) is 1. The van der Waals surface area contributed by atoms with E-state index in [4.69, 9.17) is 4.74 Å². The molecule has 0 radical (unpaired) electrons. The molecule has 6 heteroatoms. The van der Waals surface area contributed by atoms with Crippen LogP contribution in [-0.4, -0.2) is 29.3 Å². The van der Waals surface area contributed by atoms with E-state index in [0.29, 0.717) is 22.3 Å². The first kappa shape index (κ1) is 17.9. The predicted molar refractivity (Wildman–Crippen MR) is 112 cm³/mol. The van der Waals surface area contributed by atoms with Gasteiger partial charge >= 0.3 is 0 Å². The molecule has 0 spiro atoms. The summed E-state index contributed by atoms with van der Waals surface area (Å²) in [6.45, 7) is -0.332. The third-order valence-corrected chi connectivity index (χ3v) is 5.10. The Hall–Kier alpha value is -4.19. The molecule has 0 unspecified atom stereocenters. The summed E-state index contributed by atoms with van der Waals surface area (Å²) in [6.07, 6.45) is 0. The number of fused-ring (bicyclic) bond motifs is 1. The van der Waals surface area contributed by atoms with Crippen molar-refractivity contribution in [2.75, 3.05) is 6.61 Å². The summed E-state index contributed by atoms with van der Waals surface area (Å²) in [5, 5.41) is 4.21. The molecule has 1 aliphatic heterocycles. The Morgan fingerprint density at radius 2 is 1.40 bits per heavy atom. The third-order valence-electron chi connectivity index (χ3n) is 5.10. The third kappa shape index (κ3) is 2.95. The second-order valence-electron chi connectivity index (χ2n) is 6.99. The number of imide groups is 1. The fraction of sp³-hybridized carbons (Fsp3) is 0.0417. The highest BCUT2D eigenvalue weighted by atomic mass is 16.5. The zero-order valence-corrected chi connectivity index (χ0v) is 15.8. The summed E-state index contributed by atoms with van der Waals surface area (Å²) in [7, 11) is 0. The first-order valence-corrected chi connectivity index (χ1v) is 9.43. The van der Waals surface area contributed by atoms with Crippen LogP contribution in [0.15, 0.2) is 78.9 Å². The Kier molecular flexibility index (Phi) is 4.17. The van der Waals surface area contributed by atoms with Crippen molar-refractivity contribution in [2.24, 2.45) is 0 Å². The average molecular weight is 396 g/mol. The molecular weight excluding hydrogens is 380 g/mol. The molecule has 1 N–H and O–H groups in total. The monoisotopic (exact) mass is 396 g/mol. The van der Waals surface area contributed by atoms with Crippen molar-refractivity contribution in [1.82, 2.24) is 10.4 Å². The molecule has 0 aromatic heterocycles. The van der Waals surface area contributed by atoms with Crippen LogP contribution in [0.3, 0.4) is 0 Å². The van der Waals surface area contributed by atoms with Gasteiger partial charge in [-0.15, -0.1) is 0 Å². The molecule has 30 heavy (non-hydrogen) atoms. The second-order valence-corrected chi connectivity index (χ2v) is 6.99. The number of ether oxygens (including phenoxy) is 1. The summed E-state index contributed by atoms with van der Waals surface area (Å²) in [6, 6.07) is 23.8. The van der Waals surface area contributed by atoms with Gasteiger partial charge < -0.3 is 4.74 Å². The second kappa shape index (κ2) is 7.00. The lowest BCUT2D eigenvalue weighted by atomic mass is 9.95. The van der Waals surface area contributed by atoms with Crippen molar-refractivity contribution in [2.45, 2.75) is 0 Å². The highest BCUT2D eigenvalue weighted by Gasteiger charge is 2.34. The maximum absolute atomic E-state index is 12.8. The van der Waals surface area contributed by atoms with E-state index in [1.807, 2.05) is 48.5 Å². The molecule has 1 heterocycles. The first-order valence-electron chi connectivity index (χ1n) is 9.43. The molecule has 6 nitrogen and oxygen atoms in total. The van der Waals surface area contributed by atoms with Gasteiger partial charge in [-0.05, 0) is 40.4 Å². The molecule has 0 saturated carbocycles. The summed E-state index contributed by atoms with van der Waals surface area (Å²) in [4.78, 5) is 38.1. The highest BCUT2D eigenvalue weighted by Crippen LogP contribution is 2.29. The van der Waals surface area contributed by atoms with Crippen molar-refractivity contribution in [1.29, 1.82) is 0 Å². The summed E-state index contributed by atoms with van der Waals surface area (Å²) >= 11 is 0. The molecule has 0 aliphatic carbocycles. The quantitative estimate of drug-likeness (QED) is 0.534. The molecule has 0 saturated heterocycles. The SMILES string of the molecule is O=C(COc1ccc2ccccc2c1)NN1C(=O)c2cccc3cccc(c23)C1=O. The van der Waals surface area contributed by atoms with Crippen LogP contribution in [0.4, 0.5) is 0 Å². The number of hydrazine groups is 1. The molecule has 0 atom stereocenters. The Morgan fingerprint density at radius 1 is 0.767 bits per heavy atom. The Balaban J connectivity index is 1.33. The van der Waals surface area contributed by atoms with Crippen molar-refractivity contribution in [3.63, 3.8) is 0 Å². The average Bonchev–Trinajstić information content (AvgIpc) is 2.78. The van der Waals surface area contributed by atoms with Gasteiger partial charge in [0, 0.05) is 5.39 Å². The number of rotatable bonds is 4. The molecule has 4 aromatic rings. The molecular formula is C24H16N2O4. The molecule has 3 amide bonds. The van der Waals surface area contributed by atoms with Crippen LogP contribution in [-0.2, 0) is 4.79 Å². The molecule has 0 bridgehead atoms. The van der Waals surface area contributed by atoms with Gasteiger partial charge in [0.25, 0.3) is 17.7 Å². The maximum atomic E-state index is 12.8. The van der Waals surface area contributed by atoms with E-state index in [-0.39, 0.29) is 6.61 Å². The zero-order chi connectivity index (χ0) is 20.7. The number of amides is 3. The van der Waals surface area contributed by atoms with Crippen LogP contribution in [0.2, 0.25) is 0 Å². The van der Waals surface area contributed by atoms with E-state index in [9.17, 15) is 14.4 Å². The summed E-state index contributed by atoms with van der Waals surface area (Å²) in [5.41, 5.74) is 3.13. The van der Waals surface area contributed by atoms with Gasteiger partial charge in [0.15, 0.2) is 6.61 Å². The predicted octanol–water partition coefficient (Wildman–Crippen LogP) is 3.70. The van der Waals surface area contributed by atoms with Crippen LogP contribution in [0.5, 0.6) is 5.75 Å². The van der Waals surface area contributed by atoms with Gasteiger partial charge in [0.2, 0.25) is 0 Å². The zero-order valence-electron chi connectivity index (χ0n) is 15.8. The largest absolute Gasteiger partial charge is 0.484 e. The van der Waals surface area contributed by atoms with Crippen LogP contribution in [0, 0.1) is 0 Å². The molecule has 146 valence electrons. The standard InChI is InChI=1S/C24H16N2O4/c27-21(14-30-18-12-11-15-5-1-2-6-17(15)13-18)25-26-23(28)19-9-3-7-16-8-4-10-20(22(16)19)24(26)29/h1-13H,14H2,(H,25,27). The van der Waals surface area contributed by atoms with E-state index in [1.165, 1.54) is 0 Å². The molecule has 0 fully saturated rings. The topological polar surface area (TPSA) is 75.7 Å². The lowest BCUT2D eigenvalue weighted by Gasteiger charge is -2.27. The summed E-state index contributed by atoms with van der Waals surface area (Å²) < 4.78 is 5.55. The number of hydrogen-bond acceptors (Lipinski definition) is 4. The van der Waals surface area contributed by atoms with Gasteiger partial charge in [0.1, 0.15) is 5.75 Å². The minimum Gasteiger partial charge on any atom is -0.484 e. The van der Waals surface area contributed by atoms with Gasteiger partial charge in [-0.3, -0.25) is 19.8 Å². The minimum absolute atomic E-state index is 0.332. The normalized spacial score (nSPS) is 13.0. The first-order chi connectivity index (χ1) is 14.6. The minimum atomic E-state index is -0.601. The lowest BCUT2D eigenvalue weighted by molar-refractivity contribution is -0.126. The number of carbonyl (C=O) groups excluding carboxylic acids is 3. The number of nitrogens with zero attached hydrogens (tertiary/aromatic N) is 1. The Bertz CT molecular complexity index is 1290. The van der Waals surface area contributed by atoms with Crippen molar-refractivity contribution >= 4 is 39.3 Å². The fourth-order valence-corrected chi connectivity index (χ4v) is 3.70. The Labute approximate surface area is 171 Å². The fourth-order valence-electron chi connectivity index (χ4n) is 3.70. The number of nitrogens with one attached hydrogen (secondary N) is 1. The van der Waals surface area contributed by atoms with Crippen LogP contribution in [0.25, 0.3) is 21.5 Å². The Morgan fingerprint density at radius 3 is 2.10 bits per heavy atom. The van der Waals surface area contributed by atoms with Gasteiger partial charge in [-0.2, -0.15) is 5.01 Å². The number of carbonyl (C=O) groups is 3. The number of benzene rings is 4. The van der Waals surface area contributed by atoms with Gasteiger partial charge in [-0.1, -0.05) is 54.6 Å². The van der Waals surface area contributed by atoms with Crippen molar-refractivity contribution in [3.05, 3.63) is 90.0 Å². The van der Waals surface area contributed by atoms with E-state index >= 15 is 0 Å². The molecule has 4 aromatic carbocycles.